The fourth-order valence-corrected chi connectivity index (χ4v) is 2.12. The summed E-state index contributed by atoms with van der Waals surface area (Å²) >= 11 is 0. The average Bonchev–Trinajstić information content (AvgIpc) is 2.86. The molecule has 0 bridgehead atoms. The molecular weight excluding hydrogens is 194 g/mol. The number of ether oxygens (including phenoxy) is 1. The fourth-order valence-electron chi connectivity index (χ4n) is 2.12. The minimum atomic E-state index is -0.791. The van der Waals surface area contributed by atoms with Crippen LogP contribution in [-0.4, -0.2) is 36.5 Å². The van der Waals surface area contributed by atoms with E-state index in [9.17, 15) is 9.59 Å². The maximum absolute atomic E-state index is 12.1. The molecule has 0 unspecified atom stereocenters. The van der Waals surface area contributed by atoms with Crippen molar-refractivity contribution in [1.29, 1.82) is 0 Å². The van der Waals surface area contributed by atoms with Crippen molar-refractivity contribution in [3.8, 4) is 0 Å². The first-order valence-corrected chi connectivity index (χ1v) is 5.67. The molecule has 84 valence electrons. The van der Waals surface area contributed by atoms with Crippen molar-refractivity contribution in [3.05, 3.63) is 0 Å². The summed E-state index contributed by atoms with van der Waals surface area (Å²) in [6, 6.07) is 0. The van der Waals surface area contributed by atoms with Crippen LogP contribution in [0.2, 0.25) is 0 Å². The van der Waals surface area contributed by atoms with Crippen molar-refractivity contribution in [2.45, 2.75) is 32.6 Å². The zero-order valence-corrected chi connectivity index (χ0v) is 9.12. The highest BCUT2D eigenvalue weighted by Gasteiger charge is 2.59. The molecular formula is C11H17NO3. The van der Waals surface area contributed by atoms with Gasteiger partial charge in [-0.3, -0.25) is 9.59 Å². The largest absolute Gasteiger partial charge is 0.465 e. The lowest BCUT2D eigenvalue weighted by Crippen LogP contribution is -2.40. The lowest BCUT2D eigenvalue weighted by molar-refractivity contribution is -0.157. The fraction of sp³-hybridized carbons (Fsp3) is 0.818. The highest BCUT2D eigenvalue weighted by molar-refractivity contribution is 6.05. The van der Waals surface area contributed by atoms with E-state index in [0.29, 0.717) is 19.4 Å². The summed E-state index contributed by atoms with van der Waals surface area (Å²) in [6.45, 7) is 3.74. The van der Waals surface area contributed by atoms with Crippen LogP contribution in [0.5, 0.6) is 0 Å². The molecule has 1 saturated heterocycles. The van der Waals surface area contributed by atoms with Gasteiger partial charge in [-0.2, -0.15) is 0 Å². The zero-order chi connectivity index (χ0) is 10.9. The summed E-state index contributed by atoms with van der Waals surface area (Å²) in [5.41, 5.74) is -0.791. The monoisotopic (exact) mass is 211 g/mol. The van der Waals surface area contributed by atoms with Gasteiger partial charge in [-0.25, -0.2) is 0 Å². The van der Waals surface area contributed by atoms with Gasteiger partial charge in [-0.1, -0.05) is 0 Å². The molecule has 1 heterocycles. The predicted octanol–water partition coefficient (Wildman–Crippen LogP) is 0.952. The SMILES string of the molecule is CCOC(=O)C1(C(=O)N2CCCC2)CC1. The number of carbonyl (C=O) groups is 2. The quantitative estimate of drug-likeness (QED) is 0.516. The topological polar surface area (TPSA) is 46.6 Å². The van der Waals surface area contributed by atoms with Crippen LogP contribution in [0.15, 0.2) is 0 Å². The number of esters is 1. The third-order valence-corrected chi connectivity index (χ3v) is 3.22. The van der Waals surface area contributed by atoms with Crippen LogP contribution in [0.3, 0.4) is 0 Å². The maximum atomic E-state index is 12.1. The van der Waals surface area contributed by atoms with Crippen LogP contribution in [0.25, 0.3) is 0 Å². The van der Waals surface area contributed by atoms with Gasteiger partial charge in [-0.15, -0.1) is 0 Å². The molecule has 0 spiro atoms. The smallest absolute Gasteiger partial charge is 0.321 e. The number of amides is 1. The molecule has 0 aromatic heterocycles. The van der Waals surface area contributed by atoms with Crippen molar-refractivity contribution in [1.82, 2.24) is 4.90 Å². The van der Waals surface area contributed by atoms with Gasteiger partial charge >= 0.3 is 5.97 Å². The summed E-state index contributed by atoms with van der Waals surface area (Å²) < 4.78 is 4.96. The lowest BCUT2D eigenvalue weighted by atomic mass is 10.1. The van der Waals surface area contributed by atoms with Gasteiger partial charge in [0.15, 0.2) is 0 Å². The Morgan fingerprint density at radius 3 is 2.33 bits per heavy atom. The van der Waals surface area contributed by atoms with Crippen molar-refractivity contribution < 1.29 is 14.3 Å². The lowest BCUT2D eigenvalue weighted by Gasteiger charge is -2.21. The Balaban J connectivity index is 2.02. The van der Waals surface area contributed by atoms with E-state index in [-0.39, 0.29) is 11.9 Å². The third-order valence-electron chi connectivity index (χ3n) is 3.22. The summed E-state index contributed by atoms with van der Waals surface area (Å²) in [4.78, 5) is 25.5. The van der Waals surface area contributed by atoms with Crippen LogP contribution in [-0.2, 0) is 14.3 Å². The molecule has 1 aliphatic carbocycles. The van der Waals surface area contributed by atoms with Gasteiger partial charge in [0.1, 0.15) is 5.41 Å². The Hall–Kier alpha value is -1.06. The first-order valence-electron chi connectivity index (χ1n) is 5.67. The molecule has 0 aromatic carbocycles. The van der Waals surface area contributed by atoms with Crippen LogP contribution in [0.4, 0.5) is 0 Å². The number of nitrogens with zero attached hydrogens (tertiary/aromatic N) is 1. The molecule has 2 aliphatic rings. The number of hydrogen-bond acceptors (Lipinski definition) is 3. The van der Waals surface area contributed by atoms with Crippen molar-refractivity contribution in [2.24, 2.45) is 5.41 Å². The predicted molar refractivity (Wildman–Crippen MR) is 54.1 cm³/mol. The minimum Gasteiger partial charge on any atom is -0.465 e. The van der Waals surface area contributed by atoms with Gasteiger partial charge in [0.05, 0.1) is 6.61 Å². The van der Waals surface area contributed by atoms with Crippen molar-refractivity contribution in [2.75, 3.05) is 19.7 Å². The Kier molecular flexibility index (Phi) is 2.67. The van der Waals surface area contributed by atoms with E-state index in [0.717, 1.165) is 25.9 Å². The molecule has 1 amide bonds. The minimum absolute atomic E-state index is 0.00144. The molecule has 1 saturated carbocycles. The van der Waals surface area contributed by atoms with E-state index in [4.69, 9.17) is 4.74 Å². The third kappa shape index (κ3) is 1.73. The van der Waals surface area contributed by atoms with E-state index in [2.05, 4.69) is 0 Å². The number of carbonyl (C=O) groups excluding carboxylic acids is 2. The van der Waals surface area contributed by atoms with Crippen molar-refractivity contribution >= 4 is 11.9 Å². The average molecular weight is 211 g/mol. The van der Waals surface area contributed by atoms with Crippen LogP contribution in [0.1, 0.15) is 32.6 Å². The van der Waals surface area contributed by atoms with E-state index >= 15 is 0 Å². The van der Waals surface area contributed by atoms with Crippen LogP contribution < -0.4 is 0 Å². The first kappa shape index (κ1) is 10.5. The second-order valence-electron chi connectivity index (χ2n) is 4.30. The summed E-state index contributed by atoms with van der Waals surface area (Å²) in [5, 5.41) is 0. The molecule has 0 aromatic rings. The number of hydrogen-bond donors (Lipinski definition) is 0. The van der Waals surface area contributed by atoms with Crippen molar-refractivity contribution in [3.63, 3.8) is 0 Å². The maximum Gasteiger partial charge on any atom is 0.321 e. The normalized spacial score (nSPS) is 22.6. The Bertz CT molecular complexity index is 278. The van der Waals surface area contributed by atoms with Crippen LogP contribution in [0, 0.1) is 5.41 Å². The van der Waals surface area contributed by atoms with Gasteiger partial charge in [0, 0.05) is 13.1 Å². The second kappa shape index (κ2) is 3.83. The van der Waals surface area contributed by atoms with Gasteiger partial charge < -0.3 is 9.64 Å². The van der Waals surface area contributed by atoms with Crippen LogP contribution >= 0.6 is 0 Å². The second-order valence-corrected chi connectivity index (χ2v) is 4.30. The highest BCUT2D eigenvalue weighted by atomic mass is 16.5. The van der Waals surface area contributed by atoms with E-state index in [1.807, 2.05) is 4.90 Å². The Labute approximate surface area is 89.6 Å². The van der Waals surface area contributed by atoms with Gasteiger partial charge in [0.25, 0.3) is 0 Å². The Morgan fingerprint density at radius 1 is 1.27 bits per heavy atom. The highest BCUT2D eigenvalue weighted by Crippen LogP contribution is 2.48. The number of rotatable bonds is 3. The molecule has 1 aliphatic heterocycles. The molecule has 2 fully saturated rings. The number of likely N-dealkylation sites (tertiary alicyclic amines) is 1. The zero-order valence-electron chi connectivity index (χ0n) is 9.12. The molecule has 4 heteroatoms. The molecule has 4 nitrogen and oxygen atoms in total. The molecule has 0 radical (unpaired) electrons. The summed E-state index contributed by atoms with van der Waals surface area (Å²) in [7, 11) is 0. The molecule has 0 N–H and O–H groups in total. The summed E-state index contributed by atoms with van der Waals surface area (Å²) in [6.07, 6.45) is 3.46. The van der Waals surface area contributed by atoms with E-state index < -0.39 is 5.41 Å². The molecule has 2 rings (SSSR count). The molecule has 0 atom stereocenters. The van der Waals surface area contributed by atoms with Gasteiger partial charge in [-0.05, 0) is 32.6 Å². The Morgan fingerprint density at radius 2 is 1.87 bits per heavy atom. The van der Waals surface area contributed by atoms with E-state index in [1.54, 1.807) is 6.92 Å². The summed E-state index contributed by atoms with van der Waals surface area (Å²) in [5.74, 6) is -0.319. The van der Waals surface area contributed by atoms with Gasteiger partial charge in [0.2, 0.25) is 5.91 Å². The first-order chi connectivity index (χ1) is 7.20. The standard InChI is InChI=1S/C11H17NO3/c1-2-15-10(14)11(5-6-11)9(13)12-7-3-4-8-12/h2-8H2,1H3. The molecule has 15 heavy (non-hydrogen) atoms. The van der Waals surface area contributed by atoms with E-state index in [1.165, 1.54) is 0 Å².